The van der Waals surface area contributed by atoms with Crippen LogP contribution >= 0.6 is 11.3 Å². The number of hydrogen-bond donors (Lipinski definition) is 4. The average molecular weight is 646 g/mol. The molecule has 4 N–H and O–H groups in total. The highest BCUT2D eigenvalue weighted by Crippen LogP contribution is 2.40. The third-order valence-electron chi connectivity index (χ3n) is 6.87. The fourth-order valence-corrected chi connectivity index (χ4v) is 7.80. The van der Waals surface area contributed by atoms with Crippen LogP contribution in [0.2, 0.25) is 0 Å². The van der Waals surface area contributed by atoms with Crippen molar-refractivity contribution < 1.29 is 27.1 Å². The van der Waals surface area contributed by atoms with Gasteiger partial charge in [0, 0.05) is 41.5 Å². The standard InChI is InChI=1S/C31H40FN5O5S2/c1-19(2)42-30(39)36-23-12-8-21(9-13-23)28-33-18-26(43-28)25-15-14-24(16-27(25)44(40,41)37-31(3,4)5)35-29(38)34-17-20-6-10-22(32)11-7-20/h6-7,10-11,14-16,18-19,21,23,37H,8-9,12-13,17H2,1-5H3,(H,36,39)(H2,34,35,38)/t21-,23-. The second kappa shape index (κ2) is 14.0. The summed E-state index contributed by atoms with van der Waals surface area (Å²) in [4.78, 5) is 30.0. The summed E-state index contributed by atoms with van der Waals surface area (Å²) in [6.07, 6.45) is 4.39. The molecule has 2 aromatic carbocycles. The number of amides is 3. The first-order valence-corrected chi connectivity index (χ1v) is 16.9. The van der Waals surface area contributed by atoms with E-state index in [9.17, 15) is 22.4 Å². The van der Waals surface area contributed by atoms with Gasteiger partial charge in [-0.1, -0.05) is 18.2 Å². The summed E-state index contributed by atoms with van der Waals surface area (Å²) < 4.78 is 48.3. The maximum absolute atomic E-state index is 13.6. The molecule has 238 valence electrons. The summed E-state index contributed by atoms with van der Waals surface area (Å²) in [5, 5.41) is 9.24. The molecule has 3 amide bonds. The molecule has 0 aliphatic heterocycles. The van der Waals surface area contributed by atoms with Crippen LogP contribution in [0.4, 0.5) is 19.7 Å². The lowest BCUT2D eigenvalue weighted by Crippen LogP contribution is -2.40. The molecule has 0 bridgehead atoms. The number of aromatic nitrogens is 1. The number of thiazole rings is 1. The topological polar surface area (TPSA) is 139 Å². The number of benzene rings is 2. The molecule has 10 nitrogen and oxygen atoms in total. The highest BCUT2D eigenvalue weighted by Gasteiger charge is 2.29. The van der Waals surface area contributed by atoms with E-state index in [1.165, 1.54) is 29.5 Å². The third kappa shape index (κ3) is 9.47. The lowest BCUT2D eigenvalue weighted by atomic mass is 9.86. The Morgan fingerprint density at radius 3 is 2.39 bits per heavy atom. The number of anilines is 1. The van der Waals surface area contributed by atoms with Gasteiger partial charge in [0.15, 0.2) is 0 Å². The molecule has 44 heavy (non-hydrogen) atoms. The largest absolute Gasteiger partial charge is 0.447 e. The smallest absolute Gasteiger partial charge is 0.407 e. The molecule has 0 saturated heterocycles. The van der Waals surface area contributed by atoms with E-state index in [0.717, 1.165) is 30.7 Å². The normalized spacial score (nSPS) is 17.2. The zero-order chi connectivity index (χ0) is 32.1. The molecule has 4 rings (SSSR count). The van der Waals surface area contributed by atoms with Crippen LogP contribution in [0.15, 0.2) is 53.6 Å². The Morgan fingerprint density at radius 1 is 1.07 bits per heavy atom. The highest BCUT2D eigenvalue weighted by molar-refractivity contribution is 7.89. The molecule has 0 spiro atoms. The van der Waals surface area contributed by atoms with Gasteiger partial charge in [-0.05, 0) is 90.1 Å². The summed E-state index contributed by atoms with van der Waals surface area (Å²) in [7, 11) is -3.99. The van der Waals surface area contributed by atoms with Gasteiger partial charge >= 0.3 is 12.1 Å². The number of hydrogen-bond acceptors (Lipinski definition) is 7. The molecule has 0 unspecified atom stereocenters. The fourth-order valence-electron chi connectivity index (χ4n) is 4.94. The van der Waals surface area contributed by atoms with Gasteiger partial charge in [-0.3, -0.25) is 0 Å². The predicted octanol–water partition coefficient (Wildman–Crippen LogP) is 6.51. The van der Waals surface area contributed by atoms with Gasteiger partial charge < -0.3 is 20.7 Å². The Labute approximate surface area is 262 Å². The summed E-state index contributed by atoms with van der Waals surface area (Å²) in [6, 6.07) is 10.0. The lowest BCUT2D eigenvalue weighted by molar-refractivity contribution is 0.109. The van der Waals surface area contributed by atoms with E-state index < -0.39 is 27.7 Å². The minimum absolute atomic E-state index is 0.0236. The molecular formula is C31H40FN5O5S2. The number of carbonyl (C=O) groups is 2. The van der Waals surface area contributed by atoms with Crippen molar-refractivity contribution in [2.75, 3.05) is 5.32 Å². The van der Waals surface area contributed by atoms with Crippen molar-refractivity contribution in [3.05, 3.63) is 65.0 Å². The molecule has 1 aromatic heterocycles. The molecule has 1 fully saturated rings. The number of ether oxygens (including phenoxy) is 1. The Hall–Kier alpha value is -3.55. The number of nitrogens with one attached hydrogen (secondary N) is 4. The van der Waals surface area contributed by atoms with Crippen molar-refractivity contribution in [1.82, 2.24) is 20.3 Å². The van der Waals surface area contributed by atoms with Crippen LogP contribution in [0.1, 0.15) is 76.8 Å². The van der Waals surface area contributed by atoms with E-state index >= 15 is 0 Å². The fraction of sp³-hybridized carbons (Fsp3) is 0.452. The van der Waals surface area contributed by atoms with E-state index in [2.05, 4.69) is 25.7 Å². The van der Waals surface area contributed by atoms with Crippen molar-refractivity contribution in [2.24, 2.45) is 0 Å². The van der Waals surface area contributed by atoms with Gasteiger partial charge in [-0.25, -0.2) is 32.1 Å². The third-order valence-corrected chi connectivity index (χ3v) is 9.86. The summed E-state index contributed by atoms with van der Waals surface area (Å²) in [6.45, 7) is 9.07. The number of nitrogens with zero attached hydrogens (tertiary/aromatic N) is 1. The van der Waals surface area contributed by atoms with Gasteiger partial charge in [0.05, 0.1) is 20.9 Å². The zero-order valence-corrected chi connectivity index (χ0v) is 27.2. The summed E-state index contributed by atoms with van der Waals surface area (Å²) >= 11 is 1.45. The number of sulfonamides is 1. The summed E-state index contributed by atoms with van der Waals surface area (Å²) in [5.74, 6) is -0.166. The molecule has 3 aromatic rings. The van der Waals surface area contributed by atoms with Crippen LogP contribution in [-0.2, 0) is 21.3 Å². The van der Waals surface area contributed by atoms with E-state index in [4.69, 9.17) is 4.74 Å². The maximum Gasteiger partial charge on any atom is 0.407 e. The van der Waals surface area contributed by atoms with Gasteiger partial charge in [-0.15, -0.1) is 11.3 Å². The monoisotopic (exact) mass is 645 g/mol. The maximum atomic E-state index is 13.6. The Balaban J connectivity index is 1.50. The lowest BCUT2D eigenvalue weighted by Gasteiger charge is -2.28. The van der Waals surface area contributed by atoms with E-state index in [0.29, 0.717) is 21.7 Å². The first-order valence-electron chi connectivity index (χ1n) is 14.6. The van der Waals surface area contributed by atoms with Crippen molar-refractivity contribution >= 4 is 39.2 Å². The van der Waals surface area contributed by atoms with Crippen LogP contribution < -0.4 is 20.7 Å². The van der Waals surface area contributed by atoms with Crippen molar-refractivity contribution in [3.63, 3.8) is 0 Å². The molecule has 1 saturated carbocycles. The first kappa shape index (κ1) is 33.3. The average Bonchev–Trinajstić information content (AvgIpc) is 3.42. The van der Waals surface area contributed by atoms with Crippen molar-refractivity contribution in [3.8, 4) is 10.4 Å². The number of carbonyl (C=O) groups excluding carboxylic acids is 2. The van der Waals surface area contributed by atoms with Crippen LogP contribution in [0.5, 0.6) is 0 Å². The van der Waals surface area contributed by atoms with Crippen molar-refractivity contribution in [2.45, 2.75) is 95.3 Å². The molecule has 1 heterocycles. The van der Waals surface area contributed by atoms with Crippen LogP contribution in [0.3, 0.4) is 0 Å². The first-order chi connectivity index (χ1) is 20.7. The van der Waals surface area contributed by atoms with E-state index in [-0.39, 0.29) is 35.3 Å². The van der Waals surface area contributed by atoms with Gasteiger partial charge in [0.2, 0.25) is 10.0 Å². The molecule has 1 aliphatic carbocycles. The van der Waals surface area contributed by atoms with Gasteiger partial charge in [0.25, 0.3) is 0 Å². The van der Waals surface area contributed by atoms with E-state index in [1.54, 1.807) is 51.2 Å². The van der Waals surface area contributed by atoms with E-state index in [1.807, 2.05) is 13.8 Å². The second-order valence-corrected chi connectivity index (χ2v) is 14.9. The zero-order valence-electron chi connectivity index (χ0n) is 25.6. The molecular weight excluding hydrogens is 606 g/mol. The number of rotatable bonds is 9. The van der Waals surface area contributed by atoms with Gasteiger partial charge in [-0.2, -0.15) is 0 Å². The van der Waals surface area contributed by atoms with Crippen LogP contribution in [0, 0.1) is 5.82 Å². The highest BCUT2D eigenvalue weighted by atomic mass is 32.2. The SMILES string of the molecule is CC(C)OC(=O)N[C@H]1CC[C@H](c2ncc(-c3ccc(NC(=O)NCc4ccc(F)cc4)cc3S(=O)(=O)NC(C)(C)C)s2)CC1. The molecule has 13 heteroatoms. The van der Waals surface area contributed by atoms with Gasteiger partial charge in [0.1, 0.15) is 5.82 Å². The number of halogens is 1. The second-order valence-electron chi connectivity index (χ2n) is 12.2. The molecule has 0 atom stereocenters. The minimum atomic E-state index is -3.99. The molecule has 1 aliphatic rings. The van der Waals surface area contributed by atoms with Crippen LogP contribution in [0.25, 0.3) is 10.4 Å². The number of urea groups is 1. The Bertz CT molecular complexity index is 1560. The Kier molecular flexibility index (Phi) is 10.6. The minimum Gasteiger partial charge on any atom is -0.447 e. The predicted molar refractivity (Wildman–Crippen MR) is 170 cm³/mol. The number of alkyl carbamates (subject to hydrolysis) is 1. The molecule has 0 radical (unpaired) electrons. The van der Waals surface area contributed by atoms with Crippen molar-refractivity contribution in [1.29, 1.82) is 0 Å². The Morgan fingerprint density at radius 2 is 1.75 bits per heavy atom. The summed E-state index contributed by atoms with van der Waals surface area (Å²) in [5.41, 5.74) is 0.758. The van der Waals surface area contributed by atoms with Crippen LogP contribution in [-0.4, -0.2) is 43.2 Å². The quantitative estimate of drug-likeness (QED) is 0.209.